The number of para-hydroxylation sites is 6. The summed E-state index contributed by atoms with van der Waals surface area (Å²) in [4.78, 5) is 4.81. The molecule has 15 rings (SSSR count). The van der Waals surface area contributed by atoms with Crippen molar-refractivity contribution < 1.29 is 18.9 Å². The highest BCUT2D eigenvalue weighted by molar-refractivity contribution is 7.02. The number of anilines is 6. The predicted molar refractivity (Wildman–Crippen MR) is 302 cm³/mol. The first kappa shape index (κ1) is 42.1. The maximum absolute atomic E-state index is 7.26. The Morgan fingerprint density at radius 2 is 0.757 bits per heavy atom. The number of hydrogen-bond acceptors (Lipinski definition) is 6. The molecule has 11 aromatic carbocycles. The van der Waals surface area contributed by atoms with Crippen LogP contribution in [0.15, 0.2) is 255 Å². The summed E-state index contributed by atoms with van der Waals surface area (Å²) in [7, 11) is 0. The number of fused-ring (bicyclic) bond motifs is 8. The Morgan fingerprint density at radius 1 is 0.297 bits per heavy atom. The standard InChI is InChI=1S/C66H42B2N2O4/c1-5-21-43(22-6-1)49-29-13-18-34-59(49)71-47-37-57-65-58(38-47)70(46-27-11-4-12-28-46)56-42-62-54(41-53(56)67(65)51-31-15-17-33-55(51)69(57)45-25-9-3-10-26-45)68-52-32-16-20-36-61(52)73-63-39-48(40-64(74-62)66(63)68)72-60-35-19-14-30-50(60)44-23-7-2-8-24-44/h1-42H. The van der Waals surface area contributed by atoms with Gasteiger partial charge in [-0.3, -0.25) is 0 Å². The predicted octanol–water partition coefficient (Wildman–Crippen LogP) is 13.4. The van der Waals surface area contributed by atoms with Crippen LogP contribution in [-0.4, -0.2) is 13.4 Å². The van der Waals surface area contributed by atoms with E-state index >= 15 is 0 Å². The molecule has 4 aliphatic heterocycles. The largest absolute Gasteiger partial charge is 0.458 e. The molecule has 0 radical (unpaired) electrons. The fourth-order valence-corrected chi connectivity index (χ4v) is 11.7. The number of ether oxygens (including phenoxy) is 4. The number of nitrogens with zero attached hydrogens (tertiary/aromatic N) is 2. The third-order valence-corrected chi connectivity index (χ3v) is 14.9. The average molecular weight is 949 g/mol. The van der Waals surface area contributed by atoms with Crippen LogP contribution in [0, 0.1) is 0 Å². The quantitative estimate of drug-likeness (QED) is 0.141. The first-order chi connectivity index (χ1) is 36.7. The fraction of sp³-hybridized carbons (Fsp3) is 0. The van der Waals surface area contributed by atoms with Crippen molar-refractivity contribution in [1.29, 1.82) is 0 Å². The number of hydrogen-bond donors (Lipinski definition) is 0. The van der Waals surface area contributed by atoms with Crippen molar-refractivity contribution in [2.45, 2.75) is 0 Å². The van der Waals surface area contributed by atoms with Crippen molar-refractivity contribution in [2.75, 3.05) is 9.80 Å². The van der Waals surface area contributed by atoms with Crippen molar-refractivity contribution >= 4 is 80.3 Å². The zero-order chi connectivity index (χ0) is 48.7. The van der Waals surface area contributed by atoms with Gasteiger partial charge in [-0.05, 0) is 87.0 Å². The molecule has 4 heterocycles. The number of rotatable bonds is 8. The molecule has 0 bridgehead atoms. The zero-order valence-electron chi connectivity index (χ0n) is 39.9. The van der Waals surface area contributed by atoms with Gasteiger partial charge < -0.3 is 28.7 Å². The van der Waals surface area contributed by atoms with E-state index in [0.717, 1.165) is 102 Å². The second kappa shape index (κ2) is 17.0. The summed E-state index contributed by atoms with van der Waals surface area (Å²) >= 11 is 0. The highest BCUT2D eigenvalue weighted by Crippen LogP contribution is 2.49. The molecule has 346 valence electrons. The van der Waals surface area contributed by atoms with Crippen LogP contribution in [0.5, 0.6) is 46.0 Å². The van der Waals surface area contributed by atoms with Gasteiger partial charge in [0, 0.05) is 81.0 Å². The Balaban J connectivity index is 0.950. The first-order valence-corrected chi connectivity index (χ1v) is 25.1. The normalized spacial score (nSPS) is 13.0. The van der Waals surface area contributed by atoms with Crippen LogP contribution in [0.2, 0.25) is 0 Å². The Morgan fingerprint density at radius 3 is 1.36 bits per heavy atom. The topological polar surface area (TPSA) is 43.4 Å². The molecule has 8 heteroatoms. The molecule has 11 aromatic rings. The second-order valence-corrected chi connectivity index (χ2v) is 19.1. The Kier molecular flexibility index (Phi) is 9.67. The Bertz CT molecular complexity index is 4010. The summed E-state index contributed by atoms with van der Waals surface area (Å²) in [5.74, 6) is 5.85. The lowest BCUT2D eigenvalue weighted by molar-refractivity contribution is 0.443. The molecule has 0 aromatic heterocycles. The molecule has 0 saturated carbocycles. The minimum Gasteiger partial charge on any atom is -0.458 e. The van der Waals surface area contributed by atoms with Crippen molar-refractivity contribution in [1.82, 2.24) is 0 Å². The minimum absolute atomic E-state index is 0.154. The minimum atomic E-state index is -0.184. The van der Waals surface area contributed by atoms with Crippen LogP contribution in [0.3, 0.4) is 0 Å². The van der Waals surface area contributed by atoms with Gasteiger partial charge in [0.25, 0.3) is 13.4 Å². The van der Waals surface area contributed by atoms with E-state index in [1.54, 1.807) is 0 Å². The Hall–Kier alpha value is -9.65. The van der Waals surface area contributed by atoms with Crippen LogP contribution in [0.1, 0.15) is 0 Å². The van der Waals surface area contributed by atoms with Crippen LogP contribution >= 0.6 is 0 Å². The van der Waals surface area contributed by atoms with Crippen LogP contribution in [0.25, 0.3) is 22.3 Å². The van der Waals surface area contributed by atoms with Crippen LogP contribution in [-0.2, 0) is 0 Å². The van der Waals surface area contributed by atoms with Gasteiger partial charge >= 0.3 is 0 Å². The molecule has 74 heavy (non-hydrogen) atoms. The molecule has 0 fully saturated rings. The lowest BCUT2D eigenvalue weighted by Gasteiger charge is -2.45. The third-order valence-electron chi connectivity index (χ3n) is 14.9. The zero-order valence-corrected chi connectivity index (χ0v) is 39.9. The van der Waals surface area contributed by atoms with E-state index in [0.29, 0.717) is 17.2 Å². The van der Waals surface area contributed by atoms with Gasteiger partial charge in [0.05, 0.1) is 0 Å². The molecular formula is C66H42B2N2O4. The molecular weight excluding hydrogens is 906 g/mol. The molecule has 6 nitrogen and oxygen atoms in total. The highest BCUT2D eigenvalue weighted by Gasteiger charge is 2.47. The highest BCUT2D eigenvalue weighted by atomic mass is 16.5. The van der Waals surface area contributed by atoms with Gasteiger partial charge in [-0.25, -0.2) is 0 Å². The molecule has 0 aliphatic carbocycles. The summed E-state index contributed by atoms with van der Waals surface area (Å²) in [5.41, 5.74) is 17.2. The maximum Gasteiger partial charge on any atom is 0.260 e. The van der Waals surface area contributed by atoms with Gasteiger partial charge in [-0.15, -0.1) is 0 Å². The third kappa shape index (κ3) is 6.76. The van der Waals surface area contributed by atoms with Crippen LogP contribution < -0.4 is 61.5 Å². The van der Waals surface area contributed by atoms with Gasteiger partial charge in [0.1, 0.15) is 46.0 Å². The van der Waals surface area contributed by atoms with Crippen molar-refractivity contribution in [2.24, 2.45) is 0 Å². The average Bonchev–Trinajstić information content (AvgIpc) is 3.49. The summed E-state index contributed by atoms with van der Waals surface area (Å²) in [6.07, 6.45) is 0. The summed E-state index contributed by atoms with van der Waals surface area (Å²) in [5, 5.41) is 0. The fourth-order valence-electron chi connectivity index (χ4n) is 11.7. The van der Waals surface area contributed by atoms with Crippen molar-refractivity contribution in [3.63, 3.8) is 0 Å². The van der Waals surface area contributed by atoms with Crippen molar-refractivity contribution in [3.8, 4) is 68.2 Å². The van der Waals surface area contributed by atoms with Crippen LogP contribution in [0.4, 0.5) is 34.1 Å². The van der Waals surface area contributed by atoms with E-state index in [9.17, 15) is 0 Å². The first-order valence-electron chi connectivity index (χ1n) is 25.1. The van der Waals surface area contributed by atoms with Gasteiger partial charge in [-0.2, -0.15) is 0 Å². The van der Waals surface area contributed by atoms with Gasteiger partial charge in [0.2, 0.25) is 0 Å². The van der Waals surface area contributed by atoms with E-state index < -0.39 is 0 Å². The molecule has 0 spiro atoms. The number of benzene rings is 11. The van der Waals surface area contributed by atoms with E-state index in [2.05, 4.69) is 198 Å². The summed E-state index contributed by atoms with van der Waals surface area (Å²) < 4.78 is 28.1. The SMILES string of the molecule is c1ccc(-c2ccccc2Oc2cc3c4c(c2)Oc2cc5c(cc2B4c2ccccc2O3)B2c3ccccc3N(c3ccccc3)c3cc(Oc4ccccc4-c4ccccc4)cc(c32)N5c2ccccc2)cc1. The van der Waals surface area contributed by atoms with Gasteiger partial charge in [-0.1, -0.05) is 176 Å². The maximum atomic E-state index is 7.26. The molecule has 0 saturated heterocycles. The molecule has 0 amide bonds. The lowest BCUT2D eigenvalue weighted by atomic mass is 9.31. The smallest absolute Gasteiger partial charge is 0.260 e. The monoisotopic (exact) mass is 948 g/mol. The molecule has 0 atom stereocenters. The summed E-state index contributed by atoms with van der Waals surface area (Å²) in [6.45, 7) is -0.339. The van der Waals surface area contributed by atoms with E-state index in [1.807, 2.05) is 66.7 Å². The van der Waals surface area contributed by atoms with E-state index in [4.69, 9.17) is 18.9 Å². The molecule has 0 unspecified atom stereocenters. The van der Waals surface area contributed by atoms with E-state index in [-0.39, 0.29) is 13.4 Å². The lowest BCUT2D eigenvalue weighted by Crippen LogP contribution is -2.63. The van der Waals surface area contributed by atoms with Crippen molar-refractivity contribution in [3.05, 3.63) is 255 Å². The molecule has 4 aliphatic rings. The van der Waals surface area contributed by atoms with E-state index in [1.165, 1.54) is 16.4 Å². The van der Waals surface area contributed by atoms with Gasteiger partial charge in [0.15, 0.2) is 0 Å². The summed E-state index contributed by atoms with van der Waals surface area (Å²) in [6, 6.07) is 89.0. The Labute approximate surface area is 430 Å². The second-order valence-electron chi connectivity index (χ2n) is 19.1. The molecule has 0 N–H and O–H groups in total.